The van der Waals surface area contributed by atoms with Crippen molar-refractivity contribution in [3.63, 3.8) is 0 Å². The molecule has 2 N–H and O–H groups in total. The van der Waals surface area contributed by atoms with Gasteiger partial charge in [0.05, 0.1) is 17.8 Å². The molecule has 0 bridgehead atoms. The van der Waals surface area contributed by atoms with Crippen LogP contribution in [-0.4, -0.2) is 25.9 Å². The summed E-state index contributed by atoms with van der Waals surface area (Å²) in [6, 6.07) is 1.78. The van der Waals surface area contributed by atoms with Crippen molar-refractivity contribution >= 4 is 5.91 Å². The topological polar surface area (TPSA) is 75.6 Å². The molecule has 0 aromatic carbocycles. The standard InChI is InChI=1S/C16H23N5O/c1-10-8-13(20-19-10)15(22)18-12-6-5-7-14-11(12)9-17-21(14)16(2,3)4/h8-9,12H,5-7H2,1-4H3,(H,18,22)(H,19,20). The van der Waals surface area contributed by atoms with Gasteiger partial charge in [0, 0.05) is 17.0 Å². The Hall–Kier alpha value is -2.11. The number of aromatic nitrogens is 4. The molecule has 0 radical (unpaired) electrons. The third kappa shape index (κ3) is 2.65. The summed E-state index contributed by atoms with van der Waals surface area (Å²) in [5.74, 6) is -0.134. The first-order valence-electron chi connectivity index (χ1n) is 7.76. The van der Waals surface area contributed by atoms with E-state index in [0.717, 1.165) is 30.5 Å². The Bertz CT molecular complexity index is 692. The van der Waals surface area contributed by atoms with E-state index in [1.807, 2.05) is 13.1 Å². The van der Waals surface area contributed by atoms with Crippen molar-refractivity contribution in [2.24, 2.45) is 0 Å². The normalized spacial score (nSPS) is 18.1. The third-order valence-corrected chi connectivity index (χ3v) is 4.06. The van der Waals surface area contributed by atoms with Crippen LogP contribution in [0.5, 0.6) is 0 Å². The van der Waals surface area contributed by atoms with Gasteiger partial charge < -0.3 is 5.32 Å². The molecule has 22 heavy (non-hydrogen) atoms. The van der Waals surface area contributed by atoms with Gasteiger partial charge in [0.2, 0.25) is 0 Å². The summed E-state index contributed by atoms with van der Waals surface area (Å²) in [5, 5.41) is 14.5. The molecule has 0 saturated carbocycles. The first-order chi connectivity index (χ1) is 10.4. The summed E-state index contributed by atoms with van der Waals surface area (Å²) in [7, 11) is 0. The quantitative estimate of drug-likeness (QED) is 0.894. The number of fused-ring (bicyclic) bond motifs is 1. The minimum absolute atomic E-state index is 0.0179. The number of hydrogen-bond acceptors (Lipinski definition) is 3. The molecule has 0 fully saturated rings. The van der Waals surface area contributed by atoms with Crippen LogP contribution in [0.4, 0.5) is 0 Å². The third-order valence-electron chi connectivity index (χ3n) is 4.06. The van der Waals surface area contributed by atoms with Gasteiger partial charge in [-0.25, -0.2) is 0 Å². The van der Waals surface area contributed by atoms with Gasteiger partial charge in [0.1, 0.15) is 5.69 Å². The van der Waals surface area contributed by atoms with E-state index < -0.39 is 0 Å². The van der Waals surface area contributed by atoms with Crippen molar-refractivity contribution in [3.05, 3.63) is 34.9 Å². The highest BCUT2D eigenvalue weighted by molar-refractivity contribution is 5.92. The zero-order valence-corrected chi connectivity index (χ0v) is 13.6. The van der Waals surface area contributed by atoms with Gasteiger partial charge in [0.25, 0.3) is 5.91 Å². The largest absolute Gasteiger partial charge is 0.344 e. The Morgan fingerprint density at radius 3 is 2.86 bits per heavy atom. The number of H-pyrrole nitrogens is 1. The molecule has 1 amide bonds. The lowest BCUT2D eigenvalue weighted by atomic mass is 9.92. The van der Waals surface area contributed by atoms with Crippen LogP contribution in [-0.2, 0) is 12.0 Å². The lowest BCUT2D eigenvalue weighted by Gasteiger charge is -2.28. The van der Waals surface area contributed by atoms with E-state index in [1.165, 1.54) is 5.69 Å². The number of aromatic amines is 1. The first kappa shape index (κ1) is 14.8. The molecule has 3 rings (SSSR count). The predicted molar refractivity (Wildman–Crippen MR) is 83.7 cm³/mol. The summed E-state index contributed by atoms with van der Waals surface area (Å²) in [6.07, 6.45) is 4.91. The Morgan fingerprint density at radius 2 is 2.23 bits per heavy atom. The Morgan fingerprint density at radius 1 is 1.45 bits per heavy atom. The highest BCUT2D eigenvalue weighted by Crippen LogP contribution is 2.32. The second kappa shape index (κ2) is 5.26. The molecule has 1 atom stereocenters. The van der Waals surface area contributed by atoms with Crippen molar-refractivity contribution < 1.29 is 4.79 Å². The summed E-state index contributed by atoms with van der Waals surface area (Å²) in [4.78, 5) is 12.3. The zero-order chi connectivity index (χ0) is 15.9. The molecule has 6 heteroatoms. The molecule has 0 saturated heterocycles. The van der Waals surface area contributed by atoms with Crippen LogP contribution in [0.2, 0.25) is 0 Å². The van der Waals surface area contributed by atoms with Crippen molar-refractivity contribution in [2.75, 3.05) is 0 Å². The molecule has 6 nitrogen and oxygen atoms in total. The fourth-order valence-electron chi connectivity index (χ4n) is 3.05. The highest BCUT2D eigenvalue weighted by Gasteiger charge is 2.29. The molecule has 2 aromatic heterocycles. The Kier molecular flexibility index (Phi) is 3.54. The maximum atomic E-state index is 12.3. The van der Waals surface area contributed by atoms with Crippen molar-refractivity contribution in [1.82, 2.24) is 25.3 Å². The SMILES string of the molecule is Cc1cc(C(=O)NC2CCCc3c2cnn3C(C)(C)C)n[nH]1. The maximum Gasteiger partial charge on any atom is 0.272 e. The Balaban J connectivity index is 1.83. The van der Waals surface area contributed by atoms with Gasteiger partial charge in [-0.05, 0) is 53.0 Å². The van der Waals surface area contributed by atoms with Crippen LogP contribution in [0.15, 0.2) is 12.3 Å². The summed E-state index contributed by atoms with van der Waals surface area (Å²) >= 11 is 0. The van der Waals surface area contributed by atoms with Crippen LogP contribution in [0.25, 0.3) is 0 Å². The van der Waals surface area contributed by atoms with Crippen LogP contribution in [0.1, 0.15) is 67.1 Å². The minimum atomic E-state index is -0.134. The van der Waals surface area contributed by atoms with E-state index >= 15 is 0 Å². The minimum Gasteiger partial charge on any atom is -0.344 e. The van der Waals surface area contributed by atoms with Crippen LogP contribution in [0.3, 0.4) is 0 Å². The van der Waals surface area contributed by atoms with Gasteiger partial charge in [-0.3, -0.25) is 14.6 Å². The summed E-state index contributed by atoms with van der Waals surface area (Å²) in [6.45, 7) is 8.33. The van der Waals surface area contributed by atoms with E-state index in [2.05, 4.69) is 46.1 Å². The van der Waals surface area contributed by atoms with E-state index in [4.69, 9.17) is 0 Å². The second-order valence-corrected chi connectivity index (χ2v) is 6.98. The first-order valence-corrected chi connectivity index (χ1v) is 7.76. The number of carbonyl (C=O) groups excluding carboxylic acids is 1. The molecule has 1 aliphatic carbocycles. The summed E-state index contributed by atoms with van der Waals surface area (Å²) < 4.78 is 2.08. The predicted octanol–water partition coefficient (Wildman–Crippen LogP) is 2.48. The van der Waals surface area contributed by atoms with Gasteiger partial charge >= 0.3 is 0 Å². The molecule has 1 unspecified atom stereocenters. The molecule has 1 aliphatic rings. The van der Waals surface area contributed by atoms with E-state index in [-0.39, 0.29) is 17.5 Å². The number of hydrogen-bond donors (Lipinski definition) is 2. The average molecular weight is 301 g/mol. The van der Waals surface area contributed by atoms with Crippen LogP contribution >= 0.6 is 0 Å². The van der Waals surface area contributed by atoms with Crippen molar-refractivity contribution in [3.8, 4) is 0 Å². The smallest absolute Gasteiger partial charge is 0.272 e. The highest BCUT2D eigenvalue weighted by atomic mass is 16.2. The van der Waals surface area contributed by atoms with Gasteiger partial charge in [-0.2, -0.15) is 10.2 Å². The number of carbonyl (C=O) groups is 1. The summed E-state index contributed by atoms with van der Waals surface area (Å²) in [5.41, 5.74) is 3.66. The van der Waals surface area contributed by atoms with Gasteiger partial charge in [-0.1, -0.05) is 0 Å². The molecule has 0 spiro atoms. The Labute approximate surface area is 130 Å². The molecular formula is C16H23N5O. The lowest BCUT2D eigenvalue weighted by Crippen LogP contribution is -2.32. The van der Waals surface area contributed by atoms with E-state index in [9.17, 15) is 4.79 Å². The van der Waals surface area contributed by atoms with E-state index in [1.54, 1.807) is 6.07 Å². The second-order valence-electron chi connectivity index (χ2n) is 6.98. The van der Waals surface area contributed by atoms with Crippen LogP contribution < -0.4 is 5.32 Å². The number of amides is 1. The zero-order valence-electron chi connectivity index (χ0n) is 13.6. The molecule has 0 aliphatic heterocycles. The molecular weight excluding hydrogens is 278 g/mol. The number of nitrogens with zero attached hydrogens (tertiary/aromatic N) is 3. The fourth-order valence-corrected chi connectivity index (χ4v) is 3.05. The van der Waals surface area contributed by atoms with Gasteiger partial charge in [0.15, 0.2) is 0 Å². The fraction of sp³-hybridized carbons (Fsp3) is 0.562. The van der Waals surface area contributed by atoms with Crippen molar-refractivity contribution in [1.29, 1.82) is 0 Å². The van der Waals surface area contributed by atoms with Crippen LogP contribution in [0, 0.1) is 6.92 Å². The average Bonchev–Trinajstić information content (AvgIpc) is 3.04. The lowest BCUT2D eigenvalue weighted by molar-refractivity contribution is 0.0927. The molecule has 2 aromatic rings. The van der Waals surface area contributed by atoms with Gasteiger partial charge in [-0.15, -0.1) is 0 Å². The monoisotopic (exact) mass is 301 g/mol. The maximum absolute atomic E-state index is 12.3. The number of aryl methyl sites for hydroxylation is 1. The van der Waals surface area contributed by atoms with E-state index in [0.29, 0.717) is 5.69 Å². The number of rotatable bonds is 2. The molecule has 118 valence electrons. The molecule has 2 heterocycles. The number of nitrogens with one attached hydrogen (secondary N) is 2. The van der Waals surface area contributed by atoms with Crippen molar-refractivity contribution in [2.45, 2.75) is 58.5 Å².